The van der Waals surface area contributed by atoms with E-state index < -0.39 is 0 Å². The second-order valence-electron chi connectivity index (χ2n) is 30.3. The van der Waals surface area contributed by atoms with Gasteiger partial charge in [0.2, 0.25) is 0 Å². The van der Waals surface area contributed by atoms with Crippen molar-refractivity contribution in [2.45, 2.75) is 223 Å². The fourth-order valence-electron chi connectivity index (χ4n) is 10.2. The summed E-state index contributed by atoms with van der Waals surface area (Å²) in [5.41, 5.74) is 24.7. The standard InChI is InChI=1S/C74H96N2/c1-45(2)47-29-51(33-55(31-47)68(5,6)7)63-39-49(41-65(75-63)53-35-57(70(11,12)13)43-58(36-53)71(14,15)16)61-27-26-28-62(67(61)74(23,24)25)50-40-64(52-30-48(46(3)4)32-56(34-52)69(8,9)10)76-66(42-50)54-37-59(72(17,18)19)44-60(38-54)73(20,21)22/h26-46H,1-25H3. The highest BCUT2D eigenvalue weighted by Crippen LogP contribution is 2.46. The fraction of sp³-hybridized carbons (Fsp3) is 0.459. The van der Waals surface area contributed by atoms with Crippen molar-refractivity contribution in [3.8, 4) is 67.3 Å². The molecule has 7 rings (SSSR count). The van der Waals surface area contributed by atoms with Crippen LogP contribution in [0.5, 0.6) is 0 Å². The number of hydrogen-bond acceptors (Lipinski definition) is 2. The van der Waals surface area contributed by atoms with Gasteiger partial charge in [0, 0.05) is 22.3 Å². The Balaban J connectivity index is 1.62. The molecule has 402 valence electrons. The number of benzene rings is 5. The van der Waals surface area contributed by atoms with Crippen LogP contribution in [-0.2, 0) is 37.9 Å². The van der Waals surface area contributed by atoms with E-state index in [0.29, 0.717) is 11.8 Å². The molecule has 0 aliphatic rings. The zero-order chi connectivity index (χ0) is 56.6. The zero-order valence-electron chi connectivity index (χ0n) is 52.0. The molecule has 76 heavy (non-hydrogen) atoms. The Hall–Kier alpha value is -5.60. The normalized spacial score (nSPS) is 13.3. The lowest BCUT2D eigenvalue weighted by molar-refractivity contribution is 0.568. The average Bonchev–Trinajstić information content (AvgIpc) is 3.30. The van der Waals surface area contributed by atoms with Gasteiger partial charge in [0.05, 0.1) is 22.8 Å². The molecule has 7 aromatic rings. The van der Waals surface area contributed by atoms with Crippen LogP contribution in [0.3, 0.4) is 0 Å². The van der Waals surface area contributed by atoms with Crippen molar-refractivity contribution < 1.29 is 0 Å². The van der Waals surface area contributed by atoms with Crippen LogP contribution in [0.25, 0.3) is 67.3 Å². The number of nitrogens with zero attached hydrogens (tertiary/aromatic N) is 2. The molecule has 0 saturated heterocycles. The predicted octanol–water partition coefficient (Wildman–Crippen LogP) is 21.8. The summed E-state index contributed by atoms with van der Waals surface area (Å²) in [5.74, 6) is 0.731. The lowest BCUT2D eigenvalue weighted by atomic mass is 9.76. The summed E-state index contributed by atoms with van der Waals surface area (Å²) in [6.45, 7) is 58.2. The van der Waals surface area contributed by atoms with Gasteiger partial charge in [-0.05, 0) is 195 Å². The molecule has 2 aromatic heterocycles. The fourth-order valence-corrected chi connectivity index (χ4v) is 10.2. The molecule has 0 spiro atoms. The van der Waals surface area contributed by atoms with Crippen molar-refractivity contribution in [2.24, 2.45) is 0 Å². The Bertz CT molecular complexity index is 2990. The molecule has 0 N–H and O–H groups in total. The largest absolute Gasteiger partial charge is 0.248 e. The summed E-state index contributed by atoms with van der Waals surface area (Å²) in [4.78, 5) is 11.4. The summed E-state index contributed by atoms with van der Waals surface area (Å²) in [6.07, 6.45) is 0. The molecule has 0 unspecified atom stereocenters. The van der Waals surface area contributed by atoms with Gasteiger partial charge in [0.15, 0.2) is 0 Å². The Morgan fingerprint density at radius 3 is 0.724 bits per heavy atom. The van der Waals surface area contributed by atoms with E-state index in [2.05, 4.69) is 288 Å². The Morgan fingerprint density at radius 1 is 0.263 bits per heavy atom. The van der Waals surface area contributed by atoms with E-state index in [1.165, 1.54) is 72.3 Å². The SMILES string of the molecule is CC(C)c1cc(-c2cc(-c3cccc(-c4cc(-c5cc(C(C)C)cc(C(C)(C)C)c5)nc(-c5cc(C(C)(C)C)cc(C(C)(C)C)c5)c4)c3C(C)(C)C)cc(-c3cc(C(C)(C)C)cc(C(C)(C)C)c3)n2)cc(C(C)(C)C)c1. The first-order chi connectivity index (χ1) is 34.7. The minimum atomic E-state index is -0.260. The van der Waals surface area contributed by atoms with E-state index in [0.717, 1.165) is 45.0 Å². The third kappa shape index (κ3) is 13.0. The molecule has 2 heteroatoms. The van der Waals surface area contributed by atoms with E-state index in [9.17, 15) is 0 Å². The van der Waals surface area contributed by atoms with Crippen LogP contribution in [0.4, 0.5) is 0 Å². The van der Waals surface area contributed by atoms with Crippen LogP contribution in [0.2, 0.25) is 0 Å². The molecule has 0 atom stereocenters. The Morgan fingerprint density at radius 2 is 0.500 bits per heavy atom. The maximum Gasteiger partial charge on any atom is 0.0715 e. The lowest BCUT2D eigenvalue weighted by Gasteiger charge is -2.29. The molecule has 0 radical (unpaired) electrons. The van der Waals surface area contributed by atoms with Crippen LogP contribution in [0, 0.1) is 0 Å². The molecule has 0 bridgehead atoms. The van der Waals surface area contributed by atoms with E-state index in [1.54, 1.807) is 0 Å². The van der Waals surface area contributed by atoms with Crippen molar-refractivity contribution in [1.82, 2.24) is 9.97 Å². The molecule has 0 aliphatic carbocycles. The van der Waals surface area contributed by atoms with Gasteiger partial charge in [-0.3, -0.25) is 0 Å². The highest BCUT2D eigenvalue weighted by molar-refractivity contribution is 5.87. The first-order valence-electron chi connectivity index (χ1n) is 28.5. The molecule has 0 amide bonds. The number of hydrogen-bond donors (Lipinski definition) is 0. The molecule has 5 aromatic carbocycles. The topological polar surface area (TPSA) is 25.8 Å². The summed E-state index contributed by atoms with van der Waals surface area (Å²) in [6, 6.07) is 45.3. The van der Waals surface area contributed by atoms with E-state index >= 15 is 0 Å². The molecule has 2 heterocycles. The molecular weight excluding hydrogens is 917 g/mol. The number of rotatable bonds is 8. The highest BCUT2D eigenvalue weighted by Gasteiger charge is 2.29. The van der Waals surface area contributed by atoms with Crippen molar-refractivity contribution in [2.75, 3.05) is 0 Å². The quantitative estimate of drug-likeness (QED) is 0.152. The monoisotopic (exact) mass is 1010 g/mol. The van der Waals surface area contributed by atoms with Gasteiger partial charge >= 0.3 is 0 Å². The first-order valence-corrected chi connectivity index (χ1v) is 28.5. The number of aromatic nitrogens is 2. The summed E-state index contributed by atoms with van der Waals surface area (Å²) in [7, 11) is 0. The molecule has 2 nitrogen and oxygen atoms in total. The third-order valence-corrected chi connectivity index (χ3v) is 15.6. The van der Waals surface area contributed by atoms with Gasteiger partial charge in [-0.15, -0.1) is 0 Å². The van der Waals surface area contributed by atoms with Crippen LogP contribution in [0.15, 0.2) is 115 Å². The second-order valence-corrected chi connectivity index (χ2v) is 30.3. The third-order valence-electron chi connectivity index (χ3n) is 15.6. The smallest absolute Gasteiger partial charge is 0.0715 e. The highest BCUT2D eigenvalue weighted by atomic mass is 14.7. The van der Waals surface area contributed by atoms with Gasteiger partial charge in [-0.2, -0.15) is 0 Å². The van der Waals surface area contributed by atoms with Crippen LogP contribution >= 0.6 is 0 Å². The van der Waals surface area contributed by atoms with Crippen LogP contribution in [-0.4, -0.2) is 9.97 Å². The van der Waals surface area contributed by atoms with Crippen LogP contribution in [0.1, 0.15) is 235 Å². The van der Waals surface area contributed by atoms with Crippen molar-refractivity contribution in [1.29, 1.82) is 0 Å². The maximum absolute atomic E-state index is 5.72. The minimum absolute atomic E-state index is 0.0362. The first kappa shape index (κ1) is 58.1. The van der Waals surface area contributed by atoms with E-state index in [-0.39, 0.29) is 37.9 Å². The van der Waals surface area contributed by atoms with Gasteiger partial charge in [0.1, 0.15) is 0 Å². The predicted molar refractivity (Wildman–Crippen MR) is 334 cm³/mol. The lowest BCUT2D eigenvalue weighted by Crippen LogP contribution is -2.17. The van der Waals surface area contributed by atoms with Gasteiger partial charge in [-0.1, -0.05) is 216 Å². The van der Waals surface area contributed by atoms with Crippen molar-refractivity contribution in [3.05, 3.63) is 165 Å². The molecule has 0 aliphatic heterocycles. The second kappa shape index (κ2) is 20.3. The van der Waals surface area contributed by atoms with Gasteiger partial charge in [0.25, 0.3) is 0 Å². The Labute approximate surface area is 463 Å². The Kier molecular flexibility index (Phi) is 15.5. The molecule has 0 fully saturated rings. The summed E-state index contributed by atoms with van der Waals surface area (Å²) < 4.78 is 0. The summed E-state index contributed by atoms with van der Waals surface area (Å²) >= 11 is 0. The molecule has 0 saturated carbocycles. The minimum Gasteiger partial charge on any atom is -0.248 e. The maximum atomic E-state index is 5.72. The average molecular weight is 1010 g/mol. The zero-order valence-corrected chi connectivity index (χ0v) is 52.0. The molecular formula is C74H96N2. The summed E-state index contributed by atoms with van der Waals surface area (Å²) in [5, 5.41) is 0. The van der Waals surface area contributed by atoms with Crippen LogP contribution < -0.4 is 0 Å². The van der Waals surface area contributed by atoms with Crippen molar-refractivity contribution in [3.63, 3.8) is 0 Å². The van der Waals surface area contributed by atoms with Crippen molar-refractivity contribution >= 4 is 0 Å². The number of pyridine rings is 2. The van der Waals surface area contributed by atoms with E-state index in [1.807, 2.05) is 0 Å². The van der Waals surface area contributed by atoms with E-state index in [4.69, 9.17) is 9.97 Å². The van der Waals surface area contributed by atoms with Gasteiger partial charge < -0.3 is 0 Å². The van der Waals surface area contributed by atoms with Gasteiger partial charge in [-0.25, -0.2) is 9.97 Å².